The Balaban J connectivity index is 1.92. The molecule has 1 N–H and O–H groups in total. The van der Waals surface area contributed by atoms with Crippen LogP contribution in [0.25, 0.3) is 22.2 Å². The molecule has 0 amide bonds. The fourth-order valence-electron chi connectivity index (χ4n) is 4.50. The third-order valence-corrected chi connectivity index (χ3v) is 5.57. The first-order valence-electron chi connectivity index (χ1n) is 9.25. The molecule has 1 aromatic heterocycles. The molecular formula is C21H26N4O. The van der Waals surface area contributed by atoms with Crippen molar-refractivity contribution in [1.82, 2.24) is 15.1 Å². The highest BCUT2D eigenvalue weighted by atomic mass is 16.3. The van der Waals surface area contributed by atoms with Crippen LogP contribution in [0.2, 0.25) is 0 Å². The van der Waals surface area contributed by atoms with Crippen LogP contribution in [0.4, 0.5) is 0 Å². The van der Waals surface area contributed by atoms with Crippen LogP contribution in [0.1, 0.15) is 47.0 Å². The third-order valence-electron chi connectivity index (χ3n) is 5.57. The lowest BCUT2D eigenvalue weighted by atomic mass is 9.81. The van der Waals surface area contributed by atoms with Crippen LogP contribution in [0.3, 0.4) is 0 Å². The molecule has 4 rings (SSSR count). The minimum absolute atomic E-state index is 0.00668. The Morgan fingerprint density at radius 2 is 1.54 bits per heavy atom. The molecule has 0 bridgehead atoms. The first-order chi connectivity index (χ1) is 12.3. The third kappa shape index (κ3) is 2.54. The number of aromatic hydroxyl groups is 1. The number of nitrogens with zero attached hydrogens (tertiary/aromatic N) is 4. The van der Waals surface area contributed by atoms with Gasteiger partial charge in [0.15, 0.2) is 0 Å². The molecule has 1 saturated heterocycles. The van der Waals surface area contributed by atoms with E-state index in [0.29, 0.717) is 0 Å². The number of hydrogen-bond acceptors (Lipinski definition) is 4. The normalized spacial score (nSPS) is 19.0. The fourth-order valence-corrected chi connectivity index (χ4v) is 4.50. The molecule has 3 aromatic rings. The van der Waals surface area contributed by atoms with Crippen LogP contribution in [-0.2, 0) is 0 Å². The van der Waals surface area contributed by atoms with E-state index in [2.05, 4.69) is 49.1 Å². The van der Waals surface area contributed by atoms with Crippen LogP contribution in [-0.4, -0.2) is 31.3 Å². The van der Waals surface area contributed by atoms with E-state index in [1.165, 1.54) is 6.42 Å². The summed E-state index contributed by atoms with van der Waals surface area (Å²) in [5.74, 6) is 0.258. The Kier molecular flexibility index (Phi) is 3.72. The zero-order valence-electron chi connectivity index (χ0n) is 15.9. The van der Waals surface area contributed by atoms with Gasteiger partial charge in [-0.1, -0.05) is 30.3 Å². The highest BCUT2D eigenvalue weighted by molar-refractivity contribution is 5.93. The molecule has 0 saturated carbocycles. The van der Waals surface area contributed by atoms with Crippen molar-refractivity contribution in [1.29, 1.82) is 0 Å². The Morgan fingerprint density at radius 3 is 2.23 bits per heavy atom. The summed E-state index contributed by atoms with van der Waals surface area (Å²) in [6.07, 6.45) is 3.46. The average Bonchev–Trinajstić information content (AvgIpc) is 2.97. The van der Waals surface area contributed by atoms with Gasteiger partial charge in [-0.15, -0.1) is 5.10 Å². The van der Waals surface area contributed by atoms with E-state index in [1.807, 2.05) is 35.1 Å². The first kappa shape index (κ1) is 16.9. The van der Waals surface area contributed by atoms with Gasteiger partial charge in [-0.25, -0.2) is 0 Å². The lowest BCUT2D eigenvalue weighted by molar-refractivity contribution is 0.175. The molecule has 136 valence electrons. The number of para-hydroxylation sites is 1. The summed E-state index contributed by atoms with van der Waals surface area (Å²) in [6, 6.07) is 13.4. The summed E-state index contributed by atoms with van der Waals surface area (Å²) < 4.78 is 0. The Morgan fingerprint density at radius 1 is 0.885 bits per heavy atom. The minimum atomic E-state index is -0.00668. The van der Waals surface area contributed by atoms with Gasteiger partial charge < -0.3 is 5.11 Å². The van der Waals surface area contributed by atoms with Crippen LogP contribution in [0.5, 0.6) is 5.75 Å². The maximum Gasteiger partial charge on any atom is 0.123 e. The van der Waals surface area contributed by atoms with Gasteiger partial charge >= 0.3 is 0 Å². The molecule has 0 radical (unpaired) electrons. The number of phenols is 1. The van der Waals surface area contributed by atoms with E-state index < -0.39 is 0 Å². The summed E-state index contributed by atoms with van der Waals surface area (Å²) in [5, 5.41) is 21.7. The highest BCUT2D eigenvalue weighted by Gasteiger charge is 2.43. The lowest BCUT2D eigenvalue weighted by Crippen LogP contribution is -2.64. The zero-order valence-corrected chi connectivity index (χ0v) is 15.9. The second-order valence-electron chi connectivity index (χ2n) is 8.46. The molecule has 1 aliphatic rings. The van der Waals surface area contributed by atoms with E-state index in [-0.39, 0.29) is 16.8 Å². The van der Waals surface area contributed by atoms with Gasteiger partial charge in [-0.3, -0.25) is 5.01 Å². The predicted molar refractivity (Wildman–Crippen MR) is 105 cm³/mol. The quantitative estimate of drug-likeness (QED) is 0.740. The van der Waals surface area contributed by atoms with Crippen molar-refractivity contribution in [3.8, 4) is 16.9 Å². The fraction of sp³-hybridized carbons (Fsp3) is 0.429. The number of fused-ring (bicyclic) bond motifs is 1. The van der Waals surface area contributed by atoms with Gasteiger partial charge in [0.2, 0.25) is 0 Å². The average molecular weight is 350 g/mol. The summed E-state index contributed by atoms with van der Waals surface area (Å²) in [5.41, 5.74) is 3.45. The largest absolute Gasteiger partial charge is 0.507 e. The van der Waals surface area contributed by atoms with E-state index in [9.17, 15) is 5.11 Å². The number of benzene rings is 2. The van der Waals surface area contributed by atoms with E-state index >= 15 is 0 Å². The number of aromatic nitrogens is 3. The zero-order chi connectivity index (χ0) is 18.5. The molecule has 5 nitrogen and oxygen atoms in total. The lowest BCUT2D eigenvalue weighted by Gasteiger charge is -2.53. The van der Waals surface area contributed by atoms with Gasteiger partial charge in [0.1, 0.15) is 16.8 Å². The number of piperidine rings is 1. The topological polar surface area (TPSA) is 54.2 Å². The summed E-state index contributed by atoms with van der Waals surface area (Å²) >= 11 is 0. The Labute approximate surface area is 154 Å². The van der Waals surface area contributed by atoms with Crippen molar-refractivity contribution in [2.24, 2.45) is 0 Å². The Hall–Kier alpha value is -2.56. The molecule has 2 aromatic carbocycles. The number of rotatable bonds is 2. The Bertz CT molecular complexity index is 942. The van der Waals surface area contributed by atoms with E-state index in [4.69, 9.17) is 0 Å². The van der Waals surface area contributed by atoms with Crippen molar-refractivity contribution in [3.63, 3.8) is 0 Å². The molecule has 0 atom stereocenters. The van der Waals surface area contributed by atoms with Crippen molar-refractivity contribution < 1.29 is 5.11 Å². The summed E-state index contributed by atoms with van der Waals surface area (Å²) in [6.45, 7) is 9.09. The maximum absolute atomic E-state index is 10.3. The predicted octanol–water partition coefficient (Wildman–Crippen LogP) is 4.48. The molecule has 2 heterocycles. The molecule has 0 unspecified atom stereocenters. The van der Waals surface area contributed by atoms with Crippen LogP contribution in [0, 0.1) is 0 Å². The van der Waals surface area contributed by atoms with Crippen molar-refractivity contribution >= 4 is 11.0 Å². The van der Waals surface area contributed by atoms with Gasteiger partial charge in [-0.2, -0.15) is 4.79 Å². The first-order valence-corrected chi connectivity index (χ1v) is 9.25. The number of phenolic OH excluding ortho intramolecular Hbond substituents is 1. The number of hydrogen-bond donors (Lipinski definition) is 1. The van der Waals surface area contributed by atoms with E-state index in [1.54, 1.807) is 6.07 Å². The standard InChI is InChI=1S/C21H26N4O/c1-20(2)13-8-14-21(3,4)25(20)24-17-11-7-10-16(19(17)22-23-24)15-9-5-6-12-18(15)26/h5-7,9-12,26H,8,13-14H2,1-4H3. The van der Waals surface area contributed by atoms with Crippen molar-refractivity contribution in [2.45, 2.75) is 58.0 Å². The maximum atomic E-state index is 10.3. The molecule has 26 heavy (non-hydrogen) atoms. The minimum Gasteiger partial charge on any atom is -0.507 e. The molecule has 5 heteroatoms. The SMILES string of the molecule is CC1(C)CCCC(C)(C)N1n1nnc2c(-c3ccccc3O)cccc21. The van der Waals surface area contributed by atoms with E-state index in [0.717, 1.165) is 35.0 Å². The highest BCUT2D eigenvalue weighted by Crippen LogP contribution is 2.39. The molecule has 0 spiro atoms. The molecule has 0 aliphatic carbocycles. The van der Waals surface area contributed by atoms with Gasteiger partial charge in [0.05, 0.1) is 11.1 Å². The molecule has 1 aliphatic heterocycles. The van der Waals surface area contributed by atoms with Gasteiger partial charge in [0.25, 0.3) is 0 Å². The summed E-state index contributed by atoms with van der Waals surface area (Å²) in [4.78, 5) is 1.97. The smallest absolute Gasteiger partial charge is 0.123 e. The molecular weight excluding hydrogens is 324 g/mol. The monoisotopic (exact) mass is 350 g/mol. The van der Waals surface area contributed by atoms with Crippen molar-refractivity contribution in [2.75, 3.05) is 5.01 Å². The summed E-state index contributed by atoms with van der Waals surface area (Å²) in [7, 11) is 0. The van der Waals surface area contributed by atoms with Crippen LogP contribution >= 0.6 is 0 Å². The second kappa shape index (κ2) is 5.73. The van der Waals surface area contributed by atoms with Gasteiger partial charge in [0, 0.05) is 11.1 Å². The van der Waals surface area contributed by atoms with Crippen molar-refractivity contribution in [3.05, 3.63) is 42.5 Å². The van der Waals surface area contributed by atoms with Crippen LogP contribution < -0.4 is 5.01 Å². The van der Waals surface area contributed by atoms with Crippen LogP contribution in [0.15, 0.2) is 42.5 Å². The second-order valence-corrected chi connectivity index (χ2v) is 8.46. The van der Waals surface area contributed by atoms with Gasteiger partial charge in [-0.05, 0) is 64.3 Å². The molecule has 1 fully saturated rings.